The molecular formula is C32H51N3O5. The Labute approximate surface area is 239 Å². The van der Waals surface area contributed by atoms with Crippen LogP contribution in [-0.4, -0.2) is 60.3 Å². The Morgan fingerprint density at radius 3 is 2.58 bits per heavy atom. The Morgan fingerprint density at radius 1 is 1.05 bits per heavy atom. The molecule has 224 valence electrons. The number of hydrogen-bond donors (Lipinski definition) is 4. The average Bonchev–Trinajstić information content (AvgIpc) is 3.36. The van der Waals surface area contributed by atoms with Gasteiger partial charge < -0.3 is 20.5 Å². The van der Waals surface area contributed by atoms with Gasteiger partial charge in [-0.15, -0.1) is 0 Å². The van der Waals surface area contributed by atoms with Crippen molar-refractivity contribution in [2.45, 2.75) is 110 Å². The van der Waals surface area contributed by atoms with Gasteiger partial charge in [-0.2, -0.15) is 0 Å². The van der Waals surface area contributed by atoms with E-state index in [2.05, 4.69) is 43.6 Å². The van der Waals surface area contributed by atoms with Gasteiger partial charge in [-0.1, -0.05) is 27.7 Å². The molecule has 2 aliphatic heterocycles. The number of amides is 2. The maximum absolute atomic E-state index is 14.3. The van der Waals surface area contributed by atoms with E-state index in [1.165, 1.54) is 6.42 Å². The highest BCUT2D eigenvalue weighted by atomic mass is 16.5. The summed E-state index contributed by atoms with van der Waals surface area (Å²) >= 11 is 0. The minimum Gasteiger partial charge on any atom is -0.395 e. The Kier molecular flexibility index (Phi) is 7.39. The van der Waals surface area contributed by atoms with Gasteiger partial charge in [-0.05, 0) is 86.4 Å². The van der Waals surface area contributed by atoms with Crippen molar-refractivity contribution < 1.29 is 24.2 Å². The number of rotatable bonds is 5. The minimum absolute atomic E-state index is 0.0827. The van der Waals surface area contributed by atoms with Crippen molar-refractivity contribution in [1.29, 1.82) is 0 Å². The second-order valence-corrected chi connectivity index (χ2v) is 15.0. The van der Waals surface area contributed by atoms with Crippen LogP contribution in [-0.2, 0) is 19.1 Å². The van der Waals surface area contributed by atoms with E-state index in [1.54, 1.807) is 0 Å². The van der Waals surface area contributed by atoms with Crippen LogP contribution in [0.2, 0.25) is 0 Å². The summed E-state index contributed by atoms with van der Waals surface area (Å²) in [6.07, 6.45) is 9.09. The van der Waals surface area contributed by atoms with E-state index in [9.17, 15) is 14.4 Å². The van der Waals surface area contributed by atoms with Crippen molar-refractivity contribution in [2.75, 3.05) is 19.7 Å². The van der Waals surface area contributed by atoms with Crippen molar-refractivity contribution in [3.05, 3.63) is 0 Å². The van der Waals surface area contributed by atoms with Crippen LogP contribution in [0.1, 0.15) is 91.9 Å². The molecule has 6 fully saturated rings. The lowest BCUT2D eigenvalue weighted by atomic mass is 9.44. The molecule has 6 aliphatic rings. The maximum atomic E-state index is 14.3. The molecular weight excluding hydrogens is 506 g/mol. The molecule has 2 heterocycles. The summed E-state index contributed by atoms with van der Waals surface area (Å²) in [6.45, 7) is 10.4. The molecule has 12 atom stereocenters. The third-order valence-corrected chi connectivity index (χ3v) is 13.1. The fraction of sp³-hybridized carbons (Fsp3) is 0.906. The quantitative estimate of drug-likeness (QED) is 0.386. The van der Waals surface area contributed by atoms with Gasteiger partial charge in [0.1, 0.15) is 17.9 Å². The summed E-state index contributed by atoms with van der Waals surface area (Å²) in [6, 6.07) is 0.0827. The van der Waals surface area contributed by atoms with E-state index >= 15 is 0 Å². The second kappa shape index (κ2) is 10.3. The molecule has 4 aliphatic carbocycles. The van der Waals surface area contributed by atoms with Crippen LogP contribution in [0.4, 0.5) is 0 Å². The molecule has 8 heteroatoms. The van der Waals surface area contributed by atoms with E-state index in [0.717, 1.165) is 51.5 Å². The molecule has 4 N–H and O–H groups in total. The Morgan fingerprint density at radius 2 is 1.85 bits per heavy atom. The van der Waals surface area contributed by atoms with Crippen LogP contribution in [0.5, 0.6) is 0 Å². The van der Waals surface area contributed by atoms with Crippen LogP contribution in [0.25, 0.3) is 0 Å². The lowest BCUT2D eigenvalue weighted by Crippen LogP contribution is -2.60. The molecule has 6 rings (SSSR count). The predicted molar refractivity (Wildman–Crippen MR) is 151 cm³/mol. The van der Waals surface area contributed by atoms with Gasteiger partial charge in [0.25, 0.3) is 0 Å². The average molecular weight is 558 g/mol. The molecule has 2 saturated heterocycles. The number of aliphatic hydroxyl groups is 1. The predicted octanol–water partition coefficient (Wildman–Crippen LogP) is 3.17. The van der Waals surface area contributed by atoms with E-state index in [4.69, 9.17) is 9.84 Å². The molecule has 4 saturated carbocycles. The normalized spacial score (nSPS) is 49.5. The first-order chi connectivity index (χ1) is 19.0. The summed E-state index contributed by atoms with van der Waals surface area (Å²) in [5.41, 5.74) is -0.421. The van der Waals surface area contributed by atoms with Crippen LogP contribution >= 0.6 is 0 Å². The smallest absolute Gasteiger partial charge is 0.229 e. The zero-order valence-corrected chi connectivity index (χ0v) is 25.0. The van der Waals surface area contributed by atoms with Gasteiger partial charge in [0.05, 0.1) is 12.7 Å². The highest BCUT2D eigenvalue weighted by molar-refractivity contribution is 5.97. The molecule has 0 bridgehead atoms. The van der Waals surface area contributed by atoms with Crippen LogP contribution in [0.15, 0.2) is 0 Å². The fourth-order valence-electron chi connectivity index (χ4n) is 10.9. The largest absolute Gasteiger partial charge is 0.395 e. The standard InChI is InChI=1S/C32H51N3O5/c1-18-7-10-32(34-17-18)19(2)29-25(40-32)14-24-22-6-5-20-13-21(35-28(39)16-27(38)33-11-12-36)8-9-30(20,3)23(22)15-26(37)31(24,29)4/h18-25,29,34,36H,5-17H2,1-4H3,(H,33,38)(H,35,39)/t18-,19+,20+,21?,22-,23+,24+,25+,29+,30+,31-,32-/m1/s1. The van der Waals surface area contributed by atoms with E-state index < -0.39 is 0 Å². The maximum Gasteiger partial charge on any atom is 0.229 e. The monoisotopic (exact) mass is 557 g/mol. The van der Waals surface area contributed by atoms with Crippen molar-refractivity contribution in [3.8, 4) is 0 Å². The van der Waals surface area contributed by atoms with Crippen LogP contribution in [0.3, 0.4) is 0 Å². The molecule has 0 radical (unpaired) electrons. The van der Waals surface area contributed by atoms with Crippen molar-refractivity contribution >= 4 is 17.6 Å². The second-order valence-electron chi connectivity index (χ2n) is 15.0. The number of piperidine rings is 1. The van der Waals surface area contributed by atoms with Gasteiger partial charge >= 0.3 is 0 Å². The number of Topliss-reactive ketones (excluding diaryl/α,β-unsaturated/α-hetero) is 1. The Bertz CT molecular complexity index is 1030. The number of aliphatic hydroxyl groups excluding tert-OH is 1. The van der Waals surface area contributed by atoms with Crippen molar-refractivity contribution in [1.82, 2.24) is 16.0 Å². The van der Waals surface area contributed by atoms with Gasteiger partial charge in [0, 0.05) is 42.8 Å². The third kappa shape index (κ3) is 4.38. The van der Waals surface area contributed by atoms with Gasteiger partial charge in [-0.25, -0.2) is 0 Å². The first kappa shape index (κ1) is 28.6. The number of nitrogens with one attached hydrogen (secondary N) is 3. The SMILES string of the molecule is C[C@@H]1CC[C@@]2(NC1)O[C@H]1C[C@H]3[C@@H]4CC[C@H]5CC(NC(=O)CC(=O)NCCO)CC[C@]5(C)[C@H]4CC(=O)[C@]3(C)[C@H]1[C@@H]2C. The summed E-state index contributed by atoms with van der Waals surface area (Å²) in [7, 11) is 0. The molecule has 0 aromatic carbocycles. The first-order valence-corrected chi connectivity index (χ1v) is 16.1. The zero-order valence-electron chi connectivity index (χ0n) is 25.0. The summed E-state index contributed by atoms with van der Waals surface area (Å²) in [5, 5.41) is 18.3. The van der Waals surface area contributed by atoms with Gasteiger partial charge in [-0.3, -0.25) is 19.7 Å². The van der Waals surface area contributed by atoms with Crippen molar-refractivity contribution in [2.24, 2.45) is 52.3 Å². The highest BCUT2D eigenvalue weighted by Gasteiger charge is 2.71. The Hall–Kier alpha value is -1.51. The number of ether oxygens (including phenoxy) is 1. The van der Waals surface area contributed by atoms with E-state index in [-0.39, 0.29) is 60.1 Å². The zero-order chi connectivity index (χ0) is 28.4. The van der Waals surface area contributed by atoms with Crippen LogP contribution in [0, 0.1) is 52.3 Å². The van der Waals surface area contributed by atoms with E-state index in [0.29, 0.717) is 53.6 Å². The molecule has 0 aromatic rings. The van der Waals surface area contributed by atoms with Gasteiger partial charge in [0.15, 0.2) is 0 Å². The number of carbonyl (C=O) groups excluding carboxylic acids is 3. The highest BCUT2D eigenvalue weighted by Crippen LogP contribution is 2.70. The molecule has 1 spiro atoms. The number of carbonyl (C=O) groups is 3. The summed E-state index contributed by atoms with van der Waals surface area (Å²) in [5.74, 6) is 3.09. The summed E-state index contributed by atoms with van der Waals surface area (Å²) < 4.78 is 6.95. The molecule has 2 amide bonds. The first-order valence-electron chi connectivity index (χ1n) is 16.1. The van der Waals surface area contributed by atoms with Crippen molar-refractivity contribution in [3.63, 3.8) is 0 Å². The summed E-state index contributed by atoms with van der Waals surface area (Å²) in [4.78, 5) is 38.7. The van der Waals surface area contributed by atoms with E-state index in [1.807, 2.05) is 0 Å². The molecule has 8 nitrogen and oxygen atoms in total. The number of ketones is 1. The fourth-order valence-corrected chi connectivity index (χ4v) is 10.9. The molecule has 1 unspecified atom stereocenters. The topological polar surface area (TPSA) is 117 Å². The lowest BCUT2D eigenvalue weighted by molar-refractivity contribution is -0.160. The lowest BCUT2D eigenvalue weighted by Gasteiger charge is -2.60. The third-order valence-electron chi connectivity index (χ3n) is 13.1. The number of hydrogen-bond acceptors (Lipinski definition) is 6. The Balaban J connectivity index is 1.13. The molecule has 0 aromatic heterocycles. The van der Waals surface area contributed by atoms with Crippen LogP contribution < -0.4 is 16.0 Å². The molecule has 40 heavy (non-hydrogen) atoms. The van der Waals surface area contributed by atoms with Gasteiger partial charge in [0.2, 0.25) is 11.8 Å². The minimum atomic E-state index is -0.351. The number of fused-ring (bicyclic) bond motifs is 7.